The lowest BCUT2D eigenvalue weighted by Gasteiger charge is -2.47. The van der Waals surface area contributed by atoms with Crippen LogP contribution in [0.5, 0.6) is 0 Å². The largest absolute Gasteiger partial charge is 0.461 e. The number of rotatable bonds is 6. The summed E-state index contributed by atoms with van der Waals surface area (Å²) in [6.07, 6.45) is 0. The second-order valence-electron chi connectivity index (χ2n) is 7.89. The van der Waals surface area contributed by atoms with Crippen molar-refractivity contribution < 1.29 is 33.6 Å². The lowest BCUT2D eigenvalue weighted by atomic mass is 9.74. The molecule has 0 aliphatic carbocycles. The quantitative estimate of drug-likeness (QED) is 0.221. The molecule has 31 heavy (non-hydrogen) atoms. The molecule has 1 fully saturated rings. The molecule has 2 aliphatic rings. The molecule has 0 spiro atoms. The van der Waals surface area contributed by atoms with Crippen molar-refractivity contribution in [1.82, 2.24) is 4.90 Å². The number of carbonyl (C=O) groups is 4. The number of β-lactam (4-membered cyclic amide) rings is 1. The van der Waals surface area contributed by atoms with Gasteiger partial charge in [0.25, 0.3) is 5.69 Å². The van der Waals surface area contributed by atoms with Gasteiger partial charge in [0.05, 0.1) is 22.4 Å². The van der Waals surface area contributed by atoms with Crippen LogP contribution in [-0.4, -0.2) is 46.3 Å². The van der Waals surface area contributed by atoms with Gasteiger partial charge in [-0.3, -0.25) is 19.7 Å². The molecule has 10 nitrogen and oxygen atoms in total. The maximum Gasteiger partial charge on any atom is 0.363 e. The van der Waals surface area contributed by atoms with Gasteiger partial charge in [-0.1, -0.05) is 20.8 Å². The first-order valence-electron chi connectivity index (χ1n) is 9.75. The molecule has 10 heteroatoms. The third-order valence-electron chi connectivity index (χ3n) is 5.64. The predicted molar refractivity (Wildman–Crippen MR) is 105 cm³/mol. The molecule has 3 atom stereocenters. The Balaban J connectivity index is 1.86. The fourth-order valence-corrected chi connectivity index (χ4v) is 4.10. The highest BCUT2D eigenvalue weighted by Crippen LogP contribution is 2.48. The number of nitro benzene ring substituents is 1. The van der Waals surface area contributed by atoms with E-state index in [1.807, 2.05) is 20.8 Å². The van der Waals surface area contributed by atoms with Crippen molar-refractivity contribution in [3.63, 3.8) is 0 Å². The molecular weight excluding hydrogens is 408 g/mol. The number of fused-ring (bicyclic) bond motifs is 1. The minimum atomic E-state index is -1.03. The summed E-state index contributed by atoms with van der Waals surface area (Å²) >= 11 is 0. The zero-order valence-electron chi connectivity index (χ0n) is 17.5. The van der Waals surface area contributed by atoms with E-state index in [9.17, 15) is 29.3 Å². The number of ether oxygens (including phenoxy) is 2. The van der Waals surface area contributed by atoms with E-state index in [2.05, 4.69) is 0 Å². The number of amides is 1. The molecule has 0 aromatic heterocycles. The fourth-order valence-electron chi connectivity index (χ4n) is 4.10. The summed E-state index contributed by atoms with van der Waals surface area (Å²) in [6.45, 7) is 6.68. The molecule has 1 saturated heterocycles. The van der Waals surface area contributed by atoms with Crippen molar-refractivity contribution in [3.8, 4) is 0 Å². The van der Waals surface area contributed by atoms with Crippen molar-refractivity contribution in [2.45, 2.75) is 33.7 Å². The summed E-state index contributed by atoms with van der Waals surface area (Å²) in [6, 6.07) is 4.30. The van der Waals surface area contributed by atoms with Gasteiger partial charge in [0.2, 0.25) is 5.91 Å². The van der Waals surface area contributed by atoms with Crippen LogP contribution in [0.15, 0.2) is 35.5 Å². The van der Waals surface area contributed by atoms with Crippen LogP contribution in [0.4, 0.5) is 5.69 Å². The second-order valence-corrected chi connectivity index (χ2v) is 7.89. The van der Waals surface area contributed by atoms with Gasteiger partial charge >= 0.3 is 17.9 Å². The third-order valence-corrected chi connectivity index (χ3v) is 5.64. The number of nitrogens with zero attached hydrogens (tertiary/aromatic N) is 2. The molecule has 0 bridgehead atoms. The van der Waals surface area contributed by atoms with Gasteiger partial charge < -0.3 is 14.4 Å². The highest BCUT2D eigenvalue weighted by atomic mass is 16.6. The zero-order chi connectivity index (χ0) is 23.0. The van der Waals surface area contributed by atoms with Crippen LogP contribution >= 0.6 is 0 Å². The molecular formula is C21H22N2O8. The number of hydrogen-bond donors (Lipinski definition) is 0. The average Bonchev–Trinajstić information content (AvgIpc) is 2.94. The monoisotopic (exact) mass is 430 g/mol. The van der Waals surface area contributed by atoms with Crippen molar-refractivity contribution in [2.24, 2.45) is 17.8 Å². The van der Waals surface area contributed by atoms with Crippen LogP contribution in [0.25, 0.3) is 0 Å². The normalized spacial score (nSPS) is 22.2. The van der Waals surface area contributed by atoms with Gasteiger partial charge in [0.1, 0.15) is 12.3 Å². The maximum absolute atomic E-state index is 12.9. The van der Waals surface area contributed by atoms with E-state index in [-0.39, 0.29) is 53.3 Å². The maximum atomic E-state index is 12.9. The van der Waals surface area contributed by atoms with Crippen molar-refractivity contribution in [3.05, 3.63) is 51.2 Å². The standard InChI is InChI=1S/C21H22N2O8/c1-10(2)16-17-11(3)15(9-30-12(4)24)18(22(17)19(16)25)21(27)31-20(26)13-5-7-14(8-6-13)23(28)29/h5-8,10-11,16-17H,9H2,1-4H3/t11-,16?,17?/m0/s1. The smallest absolute Gasteiger partial charge is 0.363 e. The summed E-state index contributed by atoms with van der Waals surface area (Å²) in [7, 11) is 0. The van der Waals surface area contributed by atoms with Gasteiger partial charge in [0, 0.05) is 30.5 Å². The topological polar surface area (TPSA) is 133 Å². The Kier molecular flexibility index (Phi) is 5.92. The summed E-state index contributed by atoms with van der Waals surface area (Å²) in [5.41, 5.74) is 0.0559. The Bertz CT molecular complexity index is 995. The summed E-state index contributed by atoms with van der Waals surface area (Å²) < 4.78 is 10.0. The summed E-state index contributed by atoms with van der Waals surface area (Å²) in [5, 5.41) is 10.7. The second kappa shape index (κ2) is 8.29. The molecule has 2 heterocycles. The number of esters is 3. The minimum Gasteiger partial charge on any atom is -0.461 e. The first kappa shape index (κ1) is 22.1. The average molecular weight is 430 g/mol. The number of carbonyl (C=O) groups excluding carboxylic acids is 4. The Morgan fingerprint density at radius 2 is 1.77 bits per heavy atom. The predicted octanol–water partition coefficient (Wildman–Crippen LogP) is 2.23. The Morgan fingerprint density at radius 3 is 2.29 bits per heavy atom. The van der Waals surface area contributed by atoms with E-state index in [1.54, 1.807) is 0 Å². The summed E-state index contributed by atoms with van der Waals surface area (Å²) in [5.74, 6) is -3.35. The van der Waals surface area contributed by atoms with Gasteiger partial charge in [-0.2, -0.15) is 0 Å². The molecule has 3 rings (SSSR count). The highest BCUT2D eigenvalue weighted by Gasteiger charge is 2.59. The number of non-ortho nitro benzene ring substituents is 1. The van der Waals surface area contributed by atoms with E-state index < -0.39 is 22.8 Å². The first-order valence-corrected chi connectivity index (χ1v) is 9.75. The van der Waals surface area contributed by atoms with Gasteiger partial charge in [-0.25, -0.2) is 9.59 Å². The number of nitro groups is 1. The lowest BCUT2D eigenvalue weighted by Crippen LogP contribution is -2.62. The minimum absolute atomic E-state index is 0.0447. The van der Waals surface area contributed by atoms with E-state index in [0.717, 1.165) is 12.1 Å². The highest BCUT2D eigenvalue weighted by molar-refractivity contribution is 6.06. The Labute approximate surface area is 177 Å². The van der Waals surface area contributed by atoms with Gasteiger partial charge in [0.15, 0.2) is 0 Å². The molecule has 1 amide bonds. The van der Waals surface area contributed by atoms with Gasteiger partial charge in [-0.15, -0.1) is 0 Å². The molecule has 164 valence electrons. The third kappa shape index (κ3) is 3.92. The van der Waals surface area contributed by atoms with E-state index in [0.29, 0.717) is 5.57 Å². The van der Waals surface area contributed by atoms with E-state index >= 15 is 0 Å². The van der Waals surface area contributed by atoms with Crippen LogP contribution in [0.1, 0.15) is 38.1 Å². The SMILES string of the molecule is CC(=O)OCC1=C(C(=O)OC(=O)c2ccc([N+](=O)[O-])cc2)N2C(=O)C(C(C)C)C2[C@H]1C. The molecule has 0 radical (unpaired) electrons. The van der Waals surface area contributed by atoms with Crippen LogP contribution < -0.4 is 0 Å². The molecule has 2 unspecified atom stereocenters. The van der Waals surface area contributed by atoms with Crippen molar-refractivity contribution in [1.29, 1.82) is 0 Å². The van der Waals surface area contributed by atoms with Crippen LogP contribution in [-0.2, 0) is 23.9 Å². The zero-order valence-corrected chi connectivity index (χ0v) is 17.5. The molecule has 2 aliphatic heterocycles. The first-order chi connectivity index (χ1) is 14.5. The van der Waals surface area contributed by atoms with E-state index in [1.165, 1.54) is 24.0 Å². The Hall–Kier alpha value is -3.56. The molecule has 1 aromatic rings. The number of benzene rings is 1. The molecule has 1 aromatic carbocycles. The summed E-state index contributed by atoms with van der Waals surface area (Å²) in [4.78, 5) is 60.7. The van der Waals surface area contributed by atoms with Crippen molar-refractivity contribution >= 4 is 29.5 Å². The van der Waals surface area contributed by atoms with Crippen LogP contribution in [0.2, 0.25) is 0 Å². The Morgan fingerprint density at radius 1 is 1.16 bits per heavy atom. The number of hydrogen-bond acceptors (Lipinski definition) is 8. The van der Waals surface area contributed by atoms with Gasteiger partial charge in [-0.05, 0) is 18.1 Å². The van der Waals surface area contributed by atoms with Crippen LogP contribution in [0, 0.1) is 27.9 Å². The molecule has 0 N–H and O–H groups in total. The van der Waals surface area contributed by atoms with Crippen LogP contribution in [0.3, 0.4) is 0 Å². The lowest BCUT2D eigenvalue weighted by molar-refractivity contribution is -0.384. The van der Waals surface area contributed by atoms with E-state index in [4.69, 9.17) is 9.47 Å². The fraction of sp³-hybridized carbons (Fsp3) is 0.429. The van der Waals surface area contributed by atoms with Crippen molar-refractivity contribution in [2.75, 3.05) is 6.61 Å². The molecule has 0 saturated carbocycles.